The van der Waals surface area contributed by atoms with Crippen LogP contribution in [0.2, 0.25) is 5.02 Å². The smallest absolute Gasteiger partial charge is 0.338 e. The fraction of sp³-hybridized carbons (Fsp3) is 0.263. The van der Waals surface area contributed by atoms with E-state index in [1.807, 2.05) is 24.3 Å². The lowest BCUT2D eigenvalue weighted by molar-refractivity contribution is -0.129. The van der Waals surface area contributed by atoms with Crippen molar-refractivity contribution in [1.82, 2.24) is 5.32 Å². The van der Waals surface area contributed by atoms with Gasteiger partial charge < -0.3 is 14.8 Å². The summed E-state index contributed by atoms with van der Waals surface area (Å²) in [6.45, 7) is 2.19. The van der Waals surface area contributed by atoms with Gasteiger partial charge in [0.05, 0.1) is 12.2 Å². The van der Waals surface area contributed by atoms with E-state index in [9.17, 15) is 9.59 Å². The molecule has 0 saturated heterocycles. The van der Waals surface area contributed by atoms with E-state index in [1.165, 1.54) is 6.92 Å². The van der Waals surface area contributed by atoms with Crippen LogP contribution in [0.4, 0.5) is 0 Å². The summed E-state index contributed by atoms with van der Waals surface area (Å²) in [7, 11) is 1.58. The number of halogens is 1. The molecule has 1 amide bonds. The molecule has 1 atom stereocenters. The molecule has 25 heavy (non-hydrogen) atoms. The Morgan fingerprint density at radius 1 is 1.16 bits per heavy atom. The molecule has 0 heterocycles. The second kappa shape index (κ2) is 9.20. The average molecular weight is 362 g/mol. The lowest BCUT2D eigenvalue weighted by Crippen LogP contribution is -2.35. The Bertz CT molecular complexity index is 748. The molecule has 0 radical (unpaired) electrons. The number of carbonyl (C=O) groups excluding carboxylic acids is 2. The summed E-state index contributed by atoms with van der Waals surface area (Å²) in [5, 5.41) is 3.28. The first kappa shape index (κ1) is 19.0. The normalized spacial score (nSPS) is 11.6. The molecule has 2 aromatic rings. The number of rotatable bonds is 7. The standard InChI is InChI=1S/C19H20ClNO4/c1-13(18(22)21-11-16-7-3-4-9-17(16)20)25-19(23)15-8-5-6-14(10-15)12-24-2/h3-10,13H,11-12H2,1-2H3,(H,21,22). The first-order chi connectivity index (χ1) is 12.0. The van der Waals surface area contributed by atoms with Crippen molar-refractivity contribution in [2.24, 2.45) is 0 Å². The molecule has 2 aromatic carbocycles. The van der Waals surface area contributed by atoms with Gasteiger partial charge in [-0.1, -0.05) is 41.9 Å². The lowest BCUT2D eigenvalue weighted by atomic mass is 10.1. The Balaban J connectivity index is 1.91. The molecule has 0 aliphatic carbocycles. The van der Waals surface area contributed by atoms with E-state index >= 15 is 0 Å². The van der Waals surface area contributed by atoms with E-state index in [0.29, 0.717) is 17.2 Å². The Hall–Kier alpha value is -2.37. The molecular formula is C19H20ClNO4. The third-order valence-corrected chi connectivity index (χ3v) is 3.91. The zero-order valence-electron chi connectivity index (χ0n) is 14.1. The summed E-state index contributed by atoms with van der Waals surface area (Å²) in [4.78, 5) is 24.3. The van der Waals surface area contributed by atoms with Crippen LogP contribution < -0.4 is 5.32 Å². The number of amides is 1. The van der Waals surface area contributed by atoms with Crippen LogP contribution in [0.3, 0.4) is 0 Å². The number of benzene rings is 2. The predicted octanol–water partition coefficient (Wildman–Crippen LogP) is 3.35. The van der Waals surface area contributed by atoms with Crippen LogP contribution >= 0.6 is 11.6 Å². The molecule has 5 nitrogen and oxygen atoms in total. The van der Waals surface area contributed by atoms with Crippen molar-refractivity contribution >= 4 is 23.5 Å². The maximum Gasteiger partial charge on any atom is 0.338 e. The molecule has 0 saturated carbocycles. The third-order valence-electron chi connectivity index (χ3n) is 3.54. The van der Waals surface area contributed by atoms with E-state index in [-0.39, 0.29) is 12.5 Å². The quantitative estimate of drug-likeness (QED) is 0.768. The molecule has 6 heteroatoms. The van der Waals surface area contributed by atoms with Crippen LogP contribution in [-0.4, -0.2) is 25.1 Å². The largest absolute Gasteiger partial charge is 0.449 e. The maximum atomic E-state index is 12.2. The van der Waals surface area contributed by atoms with E-state index in [2.05, 4.69) is 5.32 Å². The van der Waals surface area contributed by atoms with Gasteiger partial charge in [0.15, 0.2) is 6.10 Å². The highest BCUT2D eigenvalue weighted by atomic mass is 35.5. The van der Waals surface area contributed by atoms with Gasteiger partial charge in [-0.3, -0.25) is 4.79 Å². The van der Waals surface area contributed by atoms with Gasteiger partial charge in [0.25, 0.3) is 5.91 Å². The molecular weight excluding hydrogens is 342 g/mol. The van der Waals surface area contributed by atoms with Crippen molar-refractivity contribution in [2.45, 2.75) is 26.2 Å². The summed E-state index contributed by atoms with van der Waals surface area (Å²) in [5.41, 5.74) is 2.02. The Morgan fingerprint density at radius 2 is 1.92 bits per heavy atom. The molecule has 0 spiro atoms. The Labute approximate surface area is 151 Å². The Kier molecular flexibility index (Phi) is 6.98. The fourth-order valence-electron chi connectivity index (χ4n) is 2.20. The molecule has 0 fully saturated rings. The van der Waals surface area contributed by atoms with Crippen molar-refractivity contribution in [2.75, 3.05) is 7.11 Å². The first-order valence-electron chi connectivity index (χ1n) is 7.81. The summed E-state index contributed by atoms with van der Waals surface area (Å²) < 4.78 is 10.3. The van der Waals surface area contributed by atoms with Crippen molar-refractivity contribution in [3.05, 3.63) is 70.2 Å². The fourth-order valence-corrected chi connectivity index (χ4v) is 2.41. The van der Waals surface area contributed by atoms with Crippen molar-refractivity contribution < 1.29 is 19.1 Å². The summed E-state index contributed by atoms with van der Waals surface area (Å²) in [6, 6.07) is 14.1. The topological polar surface area (TPSA) is 64.6 Å². The van der Waals surface area contributed by atoms with E-state index in [0.717, 1.165) is 11.1 Å². The minimum atomic E-state index is -0.916. The molecule has 0 aliphatic rings. The van der Waals surface area contributed by atoms with Crippen LogP contribution in [0.25, 0.3) is 0 Å². The van der Waals surface area contributed by atoms with Crippen LogP contribution in [0.1, 0.15) is 28.4 Å². The van der Waals surface area contributed by atoms with Crippen molar-refractivity contribution in [3.8, 4) is 0 Å². The van der Waals surface area contributed by atoms with Crippen LogP contribution in [0, 0.1) is 0 Å². The Morgan fingerprint density at radius 3 is 2.64 bits per heavy atom. The summed E-state index contributed by atoms with van der Waals surface area (Å²) in [5.74, 6) is -0.945. The molecule has 0 aliphatic heterocycles. The first-order valence-corrected chi connectivity index (χ1v) is 8.19. The monoisotopic (exact) mass is 361 g/mol. The predicted molar refractivity (Wildman–Crippen MR) is 95.3 cm³/mol. The molecule has 1 unspecified atom stereocenters. The highest BCUT2D eigenvalue weighted by molar-refractivity contribution is 6.31. The highest BCUT2D eigenvalue weighted by Gasteiger charge is 2.19. The van der Waals surface area contributed by atoms with Gasteiger partial charge in [0.2, 0.25) is 0 Å². The third kappa shape index (κ3) is 5.59. The zero-order chi connectivity index (χ0) is 18.2. The van der Waals surface area contributed by atoms with Gasteiger partial charge in [-0.25, -0.2) is 4.79 Å². The van der Waals surface area contributed by atoms with E-state index in [4.69, 9.17) is 21.1 Å². The van der Waals surface area contributed by atoms with Crippen molar-refractivity contribution in [1.29, 1.82) is 0 Å². The second-order valence-corrected chi connectivity index (χ2v) is 5.90. The zero-order valence-corrected chi connectivity index (χ0v) is 14.9. The molecule has 132 valence electrons. The van der Waals surface area contributed by atoms with Gasteiger partial charge in [-0.2, -0.15) is 0 Å². The number of carbonyl (C=O) groups is 2. The van der Waals surface area contributed by atoms with Crippen molar-refractivity contribution in [3.63, 3.8) is 0 Å². The number of ether oxygens (including phenoxy) is 2. The van der Waals surface area contributed by atoms with Crippen LogP contribution in [0.5, 0.6) is 0 Å². The van der Waals surface area contributed by atoms with Gasteiger partial charge in [-0.05, 0) is 36.2 Å². The second-order valence-electron chi connectivity index (χ2n) is 5.49. The summed E-state index contributed by atoms with van der Waals surface area (Å²) in [6.07, 6.45) is -0.916. The molecule has 0 bridgehead atoms. The highest BCUT2D eigenvalue weighted by Crippen LogP contribution is 2.14. The van der Waals surface area contributed by atoms with Crippen LogP contribution in [-0.2, 0) is 27.4 Å². The molecule has 2 rings (SSSR count). The van der Waals surface area contributed by atoms with Gasteiger partial charge in [0, 0.05) is 18.7 Å². The van der Waals surface area contributed by atoms with E-state index in [1.54, 1.807) is 31.4 Å². The average Bonchev–Trinajstić information content (AvgIpc) is 2.61. The number of hydrogen-bond donors (Lipinski definition) is 1. The van der Waals surface area contributed by atoms with Gasteiger partial charge >= 0.3 is 5.97 Å². The number of esters is 1. The number of nitrogens with one attached hydrogen (secondary N) is 1. The minimum Gasteiger partial charge on any atom is -0.449 e. The van der Waals surface area contributed by atoms with Crippen LogP contribution in [0.15, 0.2) is 48.5 Å². The lowest BCUT2D eigenvalue weighted by Gasteiger charge is -2.14. The summed E-state index contributed by atoms with van der Waals surface area (Å²) >= 11 is 6.05. The number of hydrogen-bond acceptors (Lipinski definition) is 4. The SMILES string of the molecule is COCc1cccc(C(=O)OC(C)C(=O)NCc2ccccc2Cl)c1. The maximum absolute atomic E-state index is 12.2. The van der Waals surface area contributed by atoms with Gasteiger partial charge in [-0.15, -0.1) is 0 Å². The number of methoxy groups -OCH3 is 1. The minimum absolute atomic E-state index is 0.268. The van der Waals surface area contributed by atoms with E-state index < -0.39 is 12.1 Å². The molecule has 0 aromatic heterocycles. The molecule has 1 N–H and O–H groups in total. The van der Waals surface area contributed by atoms with Gasteiger partial charge in [0.1, 0.15) is 0 Å².